The third-order valence-corrected chi connectivity index (χ3v) is 6.17. The number of hydrogen-bond donors (Lipinski definition) is 1. The summed E-state index contributed by atoms with van der Waals surface area (Å²) >= 11 is 5.90. The van der Waals surface area contributed by atoms with Crippen LogP contribution in [0, 0.1) is 5.92 Å². The smallest absolute Gasteiger partial charge is 0.332 e. The first-order valence-electron chi connectivity index (χ1n) is 10.7. The molecule has 2 unspecified atom stereocenters. The highest BCUT2D eigenvalue weighted by Gasteiger charge is 2.26. The van der Waals surface area contributed by atoms with E-state index in [1.165, 1.54) is 11.6 Å². The van der Waals surface area contributed by atoms with Crippen LogP contribution >= 0.6 is 11.6 Å². The second kappa shape index (κ2) is 8.99. The maximum absolute atomic E-state index is 13.0. The maximum atomic E-state index is 13.0. The van der Waals surface area contributed by atoms with Crippen LogP contribution in [-0.2, 0) is 20.6 Å². The fourth-order valence-corrected chi connectivity index (χ4v) is 4.33. The quantitative estimate of drug-likeness (QED) is 0.601. The van der Waals surface area contributed by atoms with Crippen LogP contribution in [0.2, 0.25) is 5.02 Å². The van der Waals surface area contributed by atoms with Crippen molar-refractivity contribution in [2.24, 2.45) is 20.0 Å². The normalized spacial score (nSPS) is 17.7. The number of fused-ring (bicyclic) bond motifs is 1. The lowest BCUT2D eigenvalue weighted by Crippen LogP contribution is -2.39. The molecule has 0 amide bonds. The van der Waals surface area contributed by atoms with E-state index >= 15 is 0 Å². The number of benzene rings is 1. The van der Waals surface area contributed by atoms with Gasteiger partial charge in [0, 0.05) is 32.2 Å². The zero-order valence-electron chi connectivity index (χ0n) is 18.5. The van der Waals surface area contributed by atoms with Crippen LogP contribution in [-0.4, -0.2) is 49.6 Å². The van der Waals surface area contributed by atoms with Crippen LogP contribution in [0.5, 0.6) is 5.75 Å². The van der Waals surface area contributed by atoms with Crippen molar-refractivity contribution in [2.75, 3.05) is 24.6 Å². The Morgan fingerprint density at radius 1 is 1.22 bits per heavy atom. The molecule has 9 nitrogen and oxygen atoms in total. The molecule has 1 fully saturated rings. The Hall–Kier alpha value is -2.78. The van der Waals surface area contributed by atoms with E-state index in [4.69, 9.17) is 16.3 Å². The molecule has 1 aromatic carbocycles. The van der Waals surface area contributed by atoms with Gasteiger partial charge in [0.25, 0.3) is 5.56 Å². The molecule has 10 heteroatoms. The van der Waals surface area contributed by atoms with Gasteiger partial charge in [0.1, 0.15) is 18.5 Å². The number of hydrogen-bond acceptors (Lipinski definition) is 6. The zero-order chi connectivity index (χ0) is 23.0. The topological polar surface area (TPSA) is 94.5 Å². The van der Waals surface area contributed by atoms with Gasteiger partial charge in [-0.25, -0.2) is 4.79 Å². The summed E-state index contributed by atoms with van der Waals surface area (Å²) in [6, 6.07) is 6.89. The summed E-state index contributed by atoms with van der Waals surface area (Å²) < 4.78 is 9.86. The van der Waals surface area contributed by atoms with Gasteiger partial charge in [-0.2, -0.15) is 4.98 Å². The van der Waals surface area contributed by atoms with Gasteiger partial charge in [-0.15, -0.1) is 0 Å². The van der Waals surface area contributed by atoms with Crippen molar-refractivity contribution in [2.45, 2.75) is 32.4 Å². The molecule has 2 aromatic heterocycles. The molecular weight excluding hydrogens is 434 g/mol. The van der Waals surface area contributed by atoms with E-state index in [0.717, 1.165) is 30.5 Å². The number of rotatable bonds is 6. The highest BCUT2D eigenvalue weighted by Crippen LogP contribution is 2.25. The molecule has 0 saturated carbocycles. The average molecular weight is 462 g/mol. The van der Waals surface area contributed by atoms with Crippen molar-refractivity contribution in [3.05, 3.63) is 50.1 Å². The number of nitrogens with zero attached hydrogens (tertiary/aromatic N) is 5. The fraction of sp³-hybridized carbons (Fsp3) is 0.500. The summed E-state index contributed by atoms with van der Waals surface area (Å²) in [4.78, 5) is 32.3. The molecule has 1 aliphatic rings. The van der Waals surface area contributed by atoms with Gasteiger partial charge >= 0.3 is 5.69 Å². The van der Waals surface area contributed by atoms with Crippen LogP contribution in [0.4, 0.5) is 5.95 Å². The van der Waals surface area contributed by atoms with E-state index < -0.39 is 17.4 Å². The second-order valence-electron chi connectivity index (χ2n) is 8.51. The van der Waals surface area contributed by atoms with Crippen molar-refractivity contribution < 1.29 is 9.84 Å². The Morgan fingerprint density at radius 2 is 1.94 bits per heavy atom. The van der Waals surface area contributed by atoms with Gasteiger partial charge in [-0.3, -0.25) is 13.9 Å². The third-order valence-electron chi connectivity index (χ3n) is 5.92. The number of aromatic nitrogens is 4. The Balaban J connectivity index is 1.70. The van der Waals surface area contributed by atoms with Gasteiger partial charge in [0.05, 0.1) is 6.54 Å². The van der Waals surface area contributed by atoms with Gasteiger partial charge in [0.2, 0.25) is 5.95 Å². The molecular formula is C22H28ClN5O4. The van der Waals surface area contributed by atoms with Crippen molar-refractivity contribution in [3.63, 3.8) is 0 Å². The standard InChI is InChI=1S/C22H28ClN5O4/c1-14-5-4-10-27(11-14)21-24-19-18(20(30)26(3)22(31)25(19)2)28(21)12-16(29)13-32-17-8-6-15(23)7-9-17/h6-9,14,16,29H,4-5,10-13H2,1-3H3. The number of piperidine rings is 1. The van der Waals surface area contributed by atoms with Crippen LogP contribution in [0.25, 0.3) is 11.2 Å². The molecule has 32 heavy (non-hydrogen) atoms. The molecule has 3 aromatic rings. The lowest BCUT2D eigenvalue weighted by molar-refractivity contribution is 0.0935. The maximum Gasteiger partial charge on any atom is 0.332 e. The number of aliphatic hydroxyl groups is 1. The van der Waals surface area contributed by atoms with Crippen molar-refractivity contribution in [1.82, 2.24) is 18.7 Å². The SMILES string of the molecule is CC1CCCN(c2nc3c(c(=O)n(C)c(=O)n3C)n2CC(O)COc2ccc(Cl)cc2)C1. The summed E-state index contributed by atoms with van der Waals surface area (Å²) in [5, 5.41) is 11.4. The summed E-state index contributed by atoms with van der Waals surface area (Å²) in [6.45, 7) is 3.93. The van der Waals surface area contributed by atoms with E-state index in [1.54, 1.807) is 35.9 Å². The minimum Gasteiger partial charge on any atom is -0.491 e. The van der Waals surface area contributed by atoms with Gasteiger partial charge < -0.3 is 19.3 Å². The first-order valence-corrected chi connectivity index (χ1v) is 11.1. The first kappa shape index (κ1) is 22.4. The summed E-state index contributed by atoms with van der Waals surface area (Å²) in [6.07, 6.45) is 1.25. The molecule has 0 spiro atoms. The Kier molecular flexibility index (Phi) is 6.30. The van der Waals surface area contributed by atoms with E-state index in [-0.39, 0.29) is 13.2 Å². The molecule has 0 radical (unpaired) electrons. The molecule has 1 aliphatic heterocycles. The number of ether oxygens (including phenoxy) is 1. The monoisotopic (exact) mass is 461 g/mol. The van der Waals surface area contributed by atoms with E-state index in [1.807, 2.05) is 0 Å². The van der Waals surface area contributed by atoms with Crippen molar-refractivity contribution >= 4 is 28.7 Å². The predicted octanol–water partition coefficient (Wildman–Crippen LogP) is 1.76. The molecule has 1 N–H and O–H groups in total. The molecule has 0 aliphatic carbocycles. The first-order chi connectivity index (χ1) is 15.3. The highest BCUT2D eigenvalue weighted by molar-refractivity contribution is 6.30. The molecule has 2 atom stereocenters. The highest BCUT2D eigenvalue weighted by atomic mass is 35.5. The van der Waals surface area contributed by atoms with E-state index in [9.17, 15) is 14.7 Å². The van der Waals surface area contributed by atoms with E-state index in [2.05, 4.69) is 16.8 Å². The minimum atomic E-state index is -0.897. The lowest BCUT2D eigenvalue weighted by atomic mass is 10.0. The van der Waals surface area contributed by atoms with Crippen LogP contribution in [0.15, 0.2) is 33.9 Å². The number of halogens is 1. The van der Waals surface area contributed by atoms with Crippen LogP contribution in [0.3, 0.4) is 0 Å². The second-order valence-corrected chi connectivity index (χ2v) is 8.95. The van der Waals surface area contributed by atoms with Crippen LogP contribution < -0.4 is 20.9 Å². The Morgan fingerprint density at radius 3 is 2.62 bits per heavy atom. The predicted molar refractivity (Wildman–Crippen MR) is 124 cm³/mol. The molecule has 1 saturated heterocycles. The lowest BCUT2D eigenvalue weighted by Gasteiger charge is -2.32. The molecule has 4 rings (SSSR count). The summed E-state index contributed by atoms with van der Waals surface area (Å²) in [5.74, 6) is 1.67. The zero-order valence-corrected chi connectivity index (χ0v) is 19.2. The van der Waals surface area contributed by atoms with E-state index in [0.29, 0.717) is 33.8 Å². The van der Waals surface area contributed by atoms with Crippen LogP contribution in [0.1, 0.15) is 19.8 Å². The van der Waals surface area contributed by atoms with Gasteiger partial charge in [-0.05, 0) is 43.0 Å². The third kappa shape index (κ3) is 4.27. The van der Waals surface area contributed by atoms with Gasteiger partial charge in [-0.1, -0.05) is 18.5 Å². The average Bonchev–Trinajstić information content (AvgIpc) is 3.15. The largest absolute Gasteiger partial charge is 0.491 e. The number of aryl methyl sites for hydroxylation is 1. The Bertz CT molecular complexity index is 1230. The van der Waals surface area contributed by atoms with Crippen molar-refractivity contribution in [1.29, 1.82) is 0 Å². The van der Waals surface area contributed by atoms with Gasteiger partial charge in [0.15, 0.2) is 11.2 Å². The summed E-state index contributed by atoms with van der Waals surface area (Å²) in [5.41, 5.74) is -0.249. The minimum absolute atomic E-state index is 0.0310. The number of imidazole rings is 1. The fourth-order valence-electron chi connectivity index (χ4n) is 4.21. The molecule has 3 heterocycles. The number of anilines is 1. The van der Waals surface area contributed by atoms with Crippen molar-refractivity contribution in [3.8, 4) is 5.75 Å². The molecule has 0 bridgehead atoms. The summed E-state index contributed by atoms with van der Waals surface area (Å²) in [7, 11) is 3.05. The number of aliphatic hydroxyl groups excluding tert-OH is 1. The Labute approximate surface area is 190 Å². The molecule has 172 valence electrons.